The lowest BCUT2D eigenvalue weighted by Crippen LogP contribution is -2.11. The molecule has 148 valence electrons. The van der Waals surface area contributed by atoms with E-state index < -0.39 is 0 Å². The van der Waals surface area contributed by atoms with E-state index in [-0.39, 0.29) is 6.10 Å². The summed E-state index contributed by atoms with van der Waals surface area (Å²) < 4.78 is 8.38. The van der Waals surface area contributed by atoms with Crippen LogP contribution in [0.15, 0.2) is 85.3 Å². The average molecular weight is 414 g/mol. The van der Waals surface area contributed by atoms with E-state index in [0.717, 1.165) is 27.9 Å². The second-order valence-corrected chi connectivity index (χ2v) is 7.46. The lowest BCUT2D eigenvalue weighted by molar-refractivity contribution is 0.0624. The molecular formula is C25H20ClN3O. The first-order chi connectivity index (χ1) is 14.7. The molecule has 0 bridgehead atoms. The van der Waals surface area contributed by atoms with Gasteiger partial charge in [-0.25, -0.2) is 4.98 Å². The Morgan fingerprint density at radius 1 is 1.07 bits per heavy atom. The normalized spacial score (nSPS) is 11.8. The van der Waals surface area contributed by atoms with Gasteiger partial charge in [0.1, 0.15) is 6.10 Å². The van der Waals surface area contributed by atoms with E-state index >= 15 is 0 Å². The van der Waals surface area contributed by atoms with Crippen LogP contribution >= 0.6 is 11.6 Å². The molecule has 1 heterocycles. The van der Waals surface area contributed by atoms with Crippen molar-refractivity contribution in [2.24, 2.45) is 7.05 Å². The third-order valence-corrected chi connectivity index (χ3v) is 5.26. The number of hydrogen-bond acceptors (Lipinski definition) is 3. The topological polar surface area (TPSA) is 50.8 Å². The molecule has 3 aromatic carbocycles. The fraction of sp³-hybridized carbons (Fsp3) is 0.120. The highest BCUT2D eigenvalue weighted by Gasteiger charge is 2.19. The quantitative estimate of drug-likeness (QED) is 0.394. The van der Waals surface area contributed by atoms with Gasteiger partial charge in [-0.2, -0.15) is 5.26 Å². The first-order valence-corrected chi connectivity index (χ1v) is 9.95. The first-order valence-electron chi connectivity index (χ1n) is 9.57. The third kappa shape index (κ3) is 4.28. The SMILES string of the molecule is Cn1cncc1C(OCc1ccc(Cl)cc1-c1ccccc1)c1ccc(C#N)cc1. The maximum absolute atomic E-state index is 9.10. The van der Waals surface area contributed by atoms with Crippen LogP contribution in [0.25, 0.3) is 11.1 Å². The molecule has 0 N–H and O–H groups in total. The van der Waals surface area contributed by atoms with Gasteiger partial charge in [0.15, 0.2) is 0 Å². The zero-order valence-corrected chi connectivity index (χ0v) is 17.3. The van der Waals surface area contributed by atoms with Crippen molar-refractivity contribution in [3.63, 3.8) is 0 Å². The number of aryl methyl sites for hydroxylation is 1. The predicted octanol–water partition coefficient (Wildman–Crippen LogP) is 5.92. The van der Waals surface area contributed by atoms with Crippen molar-refractivity contribution >= 4 is 11.6 Å². The van der Waals surface area contributed by atoms with Crippen molar-refractivity contribution in [2.45, 2.75) is 12.7 Å². The number of imidazole rings is 1. The summed E-state index contributed by atoms with van der Waals surface area (Å²) in [6, 6.07) is 25.6. The highest BCUT2D eigenvalue weighted by Crippen LogP contribution is 2.31. The van der Waals surface area contributed by atoms with E-state index in [0.29, 0.717) is 17.2 Å². The average Bonchev–Trinajstić information content (AvgIpc) is 3.21. The van der Waals surface area contributed by atoms with Gasteiger partial charge < -0.3 is 9.30 Å². The Bertz CT molecular complexity index is 1180. The molecule has 0 aliphatic rings. The van der Waals surface area contributed by atoms with Crippen LogP contribution in [0.2, 0.25) is 5.02 Å². The van der Waals surface area contributed by atoms with Crippen LogP contribution in [0.5, 0.6) is 0 Å². The summed E-state index contributed by atoms with van der Waals surface area (Å²) in [6.07, 6.45) is 3.25. The van der Waals surface area contributed by atoms with Crippen molar-refractivity contribution in [3.05, 3.63) is 113 Å². The summed E-state index contributed by atoms with van der Waals surface area (Å²) in [5, 5.41) is 9.79. The van der Waals surface area contributed by atoms with Gasteiger partial charge in [-0.1, -0.05) is 60.1 Å². The summed E-state index contributed by atoms with van der Waals surface area (Å²) in [4.78, 5) is 4.25. The fourth-order valence-electron chi connectivity index (χ4n) is 3.44. The maximum atomic E-state index is 9.10. The molecule has 0 amide bonds. The van der Waals surface area contributed by atoms with Crippen molar-refractivity contribution < 1.29 is 4.74 Å². The van der Waals surface area contributed by atoms with Crippen LogP contribution in [0.3, 0.4) is 0 Å². The molecule has 1 aromatic heterocycles. The Kier molecular flexibility index (Phi) is 5.94. The zero-order chi connectivity index (χ0) is 20.9. The molecule has 1 atom stereocenters. The molecule has 0 saturated heterocycles. The number of rotatable bonds is 6. The molecular weight excluding hydrogens is 394 g/mol. The van der Waals surface area contributed by atoms with Gasteiger partial charge in [0.25, 0.3) is 0 Å². The van der Waals surface area contributed by atoms with Gasteiger partial charge in [-0.05, 0) is 46.5 Å². The largest absolute Gasteiger partial charge is 0.362 e. The molecule has 30 heavy (non-hydrogen) atoms. The monoisotopic (exact) mass is 413 g/mol. The molecule has 4 nitrogen and oxygen atoms in total. The Balaban J connectivity index is 1.67. The van der Waals surface area contributed by atoms with Crippen LogP contribution in [-0.2, 0) is 18.4 Å². The molecule has 4 aromatic rings. The number of nitrogens with zero attached hydrogens (tertiary/aromatic N) is 3. The van der Waals surface area contributed by atoms with Crippen molar-refractivity contribution in [1.82, 2.24) is 9.55 Å². The number of hydrogen-bond donors (Lipinski definition) is 0. The minimum atomic E-state index is -0.315. The summed E-state index contributed by atoms with van der Waals surface area (Å²) >= 11 is 6.28. The molecule has 4 rings (SSSR count). The van der Waals surface area contributed by atoms with Gasteiger partial charge in [-0.15, -0.1) is 0 Å². The fourth-order valence-corrected chi connectivity index (χ4v) is 3.61. The lowest BCUT2D eigenvalue weighted by Gasteiger charge is -2.20. The van der Waals surface area contributed by atoms with E-state index in [9.17, 15) is 0 Å². The van der Waals surface area contributed by atoms with Crippen LogP contribution < -0.4 is 0 Å². The van der Waals surface area contributed by atoms with Gasteiger partial charge in [0.2, 0.25) is 0 Å². The Morgan fingerprint density at radius 3 is 2.50 bits per heavy atom. The summed E-state index contributed by atoms with van der Waals surface area (Å²) in [5.41, 5.74) is 5.71. The number of aromatic nitrogens is 2. The van der Waals surface area contributed by atoms with Crippen molar-refractivity contribution in [1.29, 1.82) is 5.26 Å². The third-order valence-electron chi connectivity index (χ3n) is 5.03. The predicted molar refractivity (Wildman–Crippen MR) is 118 cm³/mol. The summed E-state index contributed by atoms with van der Waals surface area (Å²) in [5.74, 6) is 0. The van der Waals surface area contributed by atoms with Crippen LogP contribution in [0.4, 0.5) is 0 Å². The summed E-state index contributed by atoms with van der Waals surface area (Å²) in [6.45, 7) is 0.400. The molecule has 0 aliphatic heterocycles. The molecule has 1 unspecified atom stereocenters. The van der Waals surface area contributed by atoms with Crippen LogP contribution in [0.1, 0.15) is 28.5 Å². The molecule has 5 heteroatoms. The van der Waals surface area contributed by atoms with Gasteiger partial charge in [0, 0.05) is 12.1 Å². The van der Waals surface area contributed by atoms with Gasteiger partial charge >= 0.3 is 0 Å². The number of nitriles is 1. The van der Waals surface area contributed by atoms with Crippen LogP contribution in [-0.4, -0.2) is 9.55 Å². The standard InChI is InChI=1S/C25H20ClN3O/c1-29-17-28-15-24(29)25(20-9-7-18(14-27)8-10-20)30-16-21-11-12-22(26)13-23(21)19-5-3-2-4-6-19/h2-13,15,17,25H,16H2,1H3. The second kappa shape index (κ2) is 8.96. The zero-order valence-electron chi connectivity index (χ0n) is 16.5. The first kappa shape index (κ1) is 19.9. The van der Waals surface area contributed by atoms with Crippen LogP contribution in [0, 0.1) is 11.3 Å². The Morgan fingerprint density at radius 2 is 1.83 bits per heavy atom. The highest BCUT2D eigenvalue weighted by atomic mass is 35.5. The molecule has 0 saturated carbocycles. The van der Waals surface area contributed by atoms with E-state index in [1.54, 1.807) is 18.5 Å². The Hall–Kier alpha value is -3.39. The van der Waals surface area contributed by atoms with E-state index in [4.69, 9.17) is 21.6 Å². The minimum absolute atomic E-state index is 0.315. The van der Waals surface area contributed by atoms with E-state index in [2.05, 4.69) is 23.2 Å². The maximum Gasteiger partial charge on any atom is 0.124 e. The van der Waals surface area contributed by atoms with E-state index in [1.807, 2.05) is 66.3 Å². The number of ether oxygens (including phenoxy) is 1. The van der Waals surface area contributed by atoms with Crippen molar-refractivity contribution in [2.75, 3.05) is 0 Å². The van der Waals surface area contributed by atoms with E-state index in [1.165, 1.54) is 0 Å². The number of benzene rings is 3. The van der Waals surface area contributed by atoms with Crippen molar-refractivity contribution in [3.8, 4) is 17.2 Å². The molecule has 0 fully saturated rings. The minimum Gasteiger partial charge on any atom is -0.362 e. The second-order valence-electron chi connectivity index (χ2n) is 7.02. The Labute approximate surface area is 181 Å². The molecule has 0 radical (unpaired) electrons. The summed E-state index contributed by atoms with van der Waals surface area (Å²) in [7, 11) is 1.94. The smallest absolute Gasteiger partial charge is 0.124 e. The lowest BCUT2D eigenvalue weighted by atomic mass is 10.00. The number of halogens is 1. The molecule has 0 aliphatic carbocycles. The van der Waals surface area contributed by atoms with Gasteiger partial charge in [-0.3, -0.25) is 0 Å². The van der Waals surface area contributed by atoms with Gasteiger partial charge in [0.05, 0.1) is 36.5 Å². The molecule has 0 spiro atoms. The highest BCUT2D eigenvalue weighted by molar-refractivity contribution is 6.30.